The third-order valence-electron chi connectivity index (χ3n) is 4.21. The lowest BCUT2D eigenvalue weighted by molar-refractivity contribution is 0.221. The zero-order valence-electron chi connectivity index (χ0n) is 12.0. The quantitative estimate of drug-likeness (QED) is 0.867. The molecule has 0 radical (unpaired) electrons. The first-order valence-electron chi connectivity index (χ1n) is 6.91. The molecule has 1 heterocycles. The Morgan fingerprint density at radius 1 is 1.22 bits per heavy atom. The molecule has 2 heteroatoms. The van der Waals surface area contributed by atoms with Gasteiger partial charge in [-0.25, -0.2) is 0 Å². The van der Waals surface area contributed by atoms with Gasteiger partial charge >= 0.3 is 0 Å². The van der Waals surface area contributed by atoms with Gasteiger partial charge in [0.15, 0.2) is 0 Å². The van der Waals surface area contributed by atoms with Crippen molar-refractivity contribution in [3.8, 4) is 0 Å². The molecule has 1 aliphatic rings. The van der Waals surface area contributed by atoms with E-state index in [-0.39, 0.29) is 5.41 Å². The zero-order chi connectivity index (χ0) is 13.3. The fourth-order valence-electron chi connectivity index (χ4n) is 2.77. The average molecular weight is 247 g/mol. The lowest BCUT2D eigenvalue weighted by Crippen LogP contribution is -2.31. The third-order valence-corrected chi connectivity index (χ3v) is 4.21. The maximum atomic E-state index is 9.33. The van der Waals surface area contributed by atoms with Gasteiger partial charge in [0.1, 0.15) is 0 Å². The highest BCUT2D eigenvalue weighted by Gasteiger charge is 2.30. The summed E-state index contributed by atoms with van der Waals surface area (Å²) in [5.74, 6) is 0.423. The molecule has 2 nitrogen and oxygen atoms in total. The fraction of sp³-hybridized carbons (Fsp3) is 0.625. The summed E-state index contributed by atoms with van der Waals surface area (Å²) in [6, 6.07) is 9.34. The number of rotatable bonds is 2. The van der Waals surface area contributed by atoms with Crippen molar-refractivity contribution in [1.82, 2.24) is 0 Å². The van der Waals surface area contributed by atoms with Crippen LogP contribution in [0.3, 0.4) is 0 Å². The predicted octanol–water partition coefficient (Wildman–Crippen LogP) is 3.19. The Kier molecular flexibility index (Phi) is 3.67. The van der Waals surface area contributed by atoms with Gasteiger partial charge in [-0.2, -0.15) is 0 Å². The normalized spacial score (nSPS) is 24.6. The lowest BCUT2D eigenvalue weighted by Gasteiger charge is -2.27. The van der Waals surface area contributed by atoms with E-state index in [4.69, 9.17) is 0 Å². The molecule has 0 aromatic heterocycles. The highest BCUT2D eigenvalue weighted by Crippen LogP contribution is 2.31. The van der Waals surface area contributed by atoms with Crippen LogP contribution in [-0.4, -0.2) is 24.3 Å². The van der Waals surface area contributed by atoms with E-state index in [0.717, 1.165) is 13.0 Å². The third kappa shape index (κ3) is 2.54. The van der Waals surface area contributed by atoms with Gasteiger partial charge < -0.3 is 10.0 Å². The summed E-state index contributed by atoms with van der Waals surface area (Å²) in [6.45, 7) is 10.3. The zero-order valence-corrected chi connectivity index (χ0v) is 12.0. The van der Waals surface area contributed by atoms with Crippen molar-refractivity contribution in [2.75, 3.05) is 18.1 Å². The Hall–Kier alpha value is -1.02. The van der Waals surface area contributed by atoms with Crippen LogP contribution in [0, 0.1) is 5.92 Å². The van der Waals surface area contributed by atoms with E-state index in [1.54, 1.807) is 0 Å². The second kappa shape index (κ2) is 4.93. The second-order valence-corrected chi connectivity index (χ2v) is 6.46. The van der Waals surface area contributed by atoms with Gasteiger partial charge in [-0.3, -0.25) is 0 Å². The summed E-state index contributed by atoms with van der Waals surface area (Å²) in [5, 5.41) is 9.33. The maximum Gasteiger partial charge on any atom is 0.0479 e. The second-order valence-electron chi connectivity index (χ2n) is 6.46. The minimum Gasteiger partial charge on any atom is -0.396 e. The van der Waals surface area contributed by atoms with Crippen molar-refractivity contribution in [2.24, 2.45) is 5.92 Å². The Morgan fingerprint density at radius 3 is 2.28 bits per heavy atom. The van der Waals surface area contributed by atoms with E-state index in [2.05, 4.69) is 56.9 Å². The molecule has 1 N–H and O–H groups in total. The van der Waals surface area contributed by atoms with E-state index in [1.165, 1.54) is 11.3 Å². The summed E-state index contributed by atoms with van der Waals surface area (Å²) in [4.78, 5) is 2.41. The van der Waals surface area contributed by atoms with Crippen molar-refractivity contribution in [2.45, 2.75) is 45.6 Å². The van der Waals surface area contributed by atoms with Gasteiger partial charge in [0.25, 0.3) is 0 Å². The molecule has 0 spiro atoms. The minimum atomic E-state index is 0.211. The fourth-order valence-corrected chi connectivity index (χ4v) is 2.77. The minimum absolute atomic E-state index is 0.211. The van der Waals surface area contributed by atoms with Crippen LogP contribution in [0.5, 0.6) is 0 Å². The molecule has 1 fully saturated rings. The van der Waals surface area contributed by atoms with Crippen LogP contribution in [0.2, 0.25) is 0 Å². The molecule has 18 heavy (non-hydrogen) atoms. The van der Waals surface area contributed by atoms with Crippen molar-refractivity contribution in [3.05, 3.63) is 29.8 Å². The predicted molar refractivity (Wildman–Crippen MR) is 77.1 cm³/mol. The van der Waals surface area contributed by atoms with Crippen LogP contribution >= 0.6 is 0 Å². The molecule has 1 saturated heterocycles. The number of anilines is 1. The number of hydrogen-bond donors (Lipinski definition) is 1. The number of benzene rings is 1. The van der Waals surface area contributed by atoms with Gasteiger partial charge in [-0.15, -0.1) is 0 Å². The highest BCUT2D eigenvalue weighted by molar-refractivity contribution is 5.50. The van der Waals surface area contributed by atoms with Crippen LogP contribution in [0.4, 0.5) is 5.69 Å². The molecule has 1 aromatic rings. The first kappa shape index (κ1) is 13.4. The Morgan fingerprint density at radius 2 is 1.83 bits per heavy atom. The van der Waals surface area contributed by atoms with Gasteiger partial charge in [0.2, 0.25) is 0 Å². The van der Waals surface area contributed by atoms with Gasteiger partial charge in [0.05, 0.1) is 0 Å². The lowest BCUT2D eigenvalue weighted by atomic mass is 9.87. The van der Waals surface area contributed by atoms with Gasteiger partial charge in [-0.1, -0.05) is 32.9 Å². The summed E-state index contributed by atoms with van der Waals surface area (Å²) < 4.78 is 0. The molecule has 0 bridgehead atoms. The summed E-state index contributed by atoms with van der Waals surface area (Å²) in [7, 11) is 0. The van der Waals surface area contributed by atoms with Crippen LogP contribution in [0.1, 0.15) is 39.7 Å². The monoisotopic (exact) mass is 247 g/mol. The molecule has 1 aromatic carbocycles. The van der Waals surface area contributed by atoms with Crippen LogP contribution in [0.15, 0.2) is 24.3 Å². The topological polar surface area (TPSA) is 23.5 Å². The van der Waals surface area contributed by atoms with E-state index in [1.807, 2.05) is 0 Å². The average Bonchev–Trinajstić information content (AvgIpc) is 2.69. The van der Waals surface area contributed by atoms with Crippen LogP contribution in [-0.2, 0) is 5.41 Å². The molecule has 2 atom stereocenters. The van der Waals surface area contributed by atoms with E-state index in [0.29, 0.717) is 18.6 Å². The van der Waals surface area contributed by atoms with Crippen LogP contribution < -0.4 is 4.90 Å². The first-order chi connectivity index (χ1) is 8.43. The molecular weight excluding hydrogens is 222 g/mol. The van der Waals surface area contributed by atoms with Crippen molar-refractivity contribution < 1.29 is 5.11 Å². The highest BCUT2D eigenvalue weighted by atomic mass is 16.3. The number of aliphatic hydroxyl groups excluding tert-OH is 1. The van der Waals surface area contributed by atoms with Gasteiger partial charge in [0, 0.05) is 30.8 Å². The summed E-state index contributed by atoms with van der Waals surface area (Å²) >= 11 is 0. The van der Waals surface area contributed by atoms with Crippen LogP contribution in [0.25, 0.3) is 0 Å². The van der Waals surface area contributed by atoms with Gasteiger partial charge in [-0.05, 0) is 36.5 Å². The molecule has 2 rings (SSSR count). The Labute approximate surface area is 111 Å². The number of aliphatic hydroxyl groups is 1. The smallest absolute Gasteiger partial charge is 0.0479 e. The van der Waals surface area contributed by atoms with E-state index >= 15 is 0 Å². The molecule has 0 saturated carbocycles. The number of nitrogens with zero attached hydrogens (tertiary/aromatic N) is 1. The molecule has 0 aliphatic carbocycles. The molecule has 2 unspecified atom stereocenters. The number of hydrogen-bond acceptors (Lipinski definition) is 2. The summed E-state index contributed by atoms with van der Waals surface area (Å²) in [5.41, 5.74) is 2.87. The Bertz CT molecular complexity index is 391. The van der Waals surface area contributed by atoms with Crippen molar-refractivity contribution in [1.29, 1.82) is 0 Å². The van der Waals surface area contributed by atoms with E-state index < -0.39 is 0 Å². The van der Waals surface area contributed by atoms with Crippen molar-refractivity contribution >= 4 is 5.69 Å². The molecular formula is C16H25NO. The molecule has 0 amide bonds. The van der Waals surface area contributed by atoms with E-state index in [9.17, 15) is 5.11 Å². The Balaban J connectivity index is 2.16. The SMILES string of the molecule is CC1C(CO)CCN1c1ccc(C(C)(C)C)cc1. The maximum absolute atomic E-state index is 9.33. The standard InChI is InChI=1S/C16H25NO/c1-12-13(11-18)9-10-17(12)15-7-5-14(6-8-15)16(2,3)4/h5-8,12-13,18H,9-11H2,1-4H3. The summed E-state index contributed by atoms with van der Waals surface area (Å²) in [6.07, 6.45) is 1.10. The molecule has 1 aliphatic heterocycles. The molecule has 100 valence electrons. The van der Waals surface area contributed by atoms with Crippen molar-refractivity contribution in [3.63, 3.8) is 0 Å². The largest absolute Gasteiger partial charge is 0.396 e. The first-order valence-corrected chi connectivity index (χ1v) is 6.91.